The van der Waals surface area contributed by atoms with E-state index in [9.17, 15) is 19.2 Å². The minimum atomic E-state index is -2.00. The van der Waals surface area contributed by atoms with Gasteiger partial charge in [0.2, 0.25) is 18.0 Å². The van der Waals surface area contributed by atoms with Crippen molar-refractivity contribution in [3.63, 3.8) is 0 Å². The van der Waals surface area contributed by atoms with Crippen LogP contribution in [0.5, 0.6) is 0 Å². The Labute approximate surface area is 196 Å². The molecule has 1 aromatic rings. The summed E-state index contributed by atoms with van der Waals surface area (Å²) in [5.41, 5.74) is -1.80. The van der Waals surface area contributed by atoms with Gasteiger partial charge < -0.3 is 23.7 Å². The number of benzene rings is 1. The van der Waals surface area contributed by atoms with Gasteiger partial charge in [-0.25, -0.2) is 4.79 Å². The van der Waals surface area contributed by atoms with Crippen molar-refractivity contribution in [1.82, 2.24) is 0 Å². The number of carbonyl (C=O) groups excluding carboxylic acids is 4. The van der Waals surface area contributed by atoms with Crippen molar-refractivity contribution in [3.8, 4) is 12.3 Å². The van der Waals surface area contributed by atoms with E-state index in [4.69, 9.17) is 41.7 Å². The Bertz CT molecular complexity index is 921. The minimum absolute atomic E-state index is 0.00231. The van der Waals surface area contributed by atoms with Crippen LogP contribution in [-0.2, 0) is 38.1 Å². The number of carbonyl (C=O) groups is 4. The molecule has 10 heteroatoms. The highest BCUT2D eigenvalue weighted by Crippen LogP contribution is 2.38. The molecule has 1 fully saturated rings. The van der Waals surface area contributed by atoms with Crippen LogP contribution in [0.4, 0.5) is 0 Å². The summed E-state index contributed by atoms with van der Waals surface area (Å²) in [5, 5.41) is 0.435. The Morgan fingerprint density at radius 2 is 1.58 bits per heavy atom. The molecule has 9 nitrogen and oxygen atoms in total. The molecule has 1 aliphatic rings. The Morgan fingerprint density at radius 3 is 2.12 bits per heavy atom. The lowest BCUT2D eigenvalue weighted by molar-refractivity contribution is -0.199. The summed E-state index contributed by atoms with van der Waals surface area (Å²) < 4.78 is 27.1. The van der Waals surface area contributed by atoms with E-state index in [-0.39, 0.29) is 24.8 Å². The predicted molar refractivity (Wildman–Crippen MR) is 115 cm³/mol. The third kappa shape index (κ3) is 6.24. The van der Waals surface area contributed by atoms with Crippen LogP contribution >= 0.6 is 11.6 Å². The van der Waals surface area contributed by atoms with Crippen molar-refractivity contribution in [2.24, 2.45) is 0 Å². The summed E-state index contributed by atoms with van der Waals surface area (Å²) in [6.45, 7) is 4.16. The lowest BCUT2D eigenvalue weighted by Gasteiger charge is -2.32. The van der Waals surface area contributed by atoms with E-state index in [1.165, 1.54) is 24.3 Å². The predicted octanol–water partition coefficient (Wildman–Crippen LogP) is 2.82. The zero-order chi connectivity index (χ0) is 24.6. The zero-order valence-electron chi connectivity index (χ0n) is 18.5. The van der Waals surface area contributed by atoms with Gasteiger partial charge in [-0.3, -0.25) is 14.4 Å². The molecule has 1 aromatic carbocycles. The fraction of sp³-hybridized carbons (Fsp3) is 0.478. The molecule has 4 atom stereocenters. The molecule has 0 bridgehead atoms. The number of ether oxygens (including phenoxy) is 5. The van der Waals surface area contributed by atoms with Gasteiger partial charge in [0.15, 0.2) is 6.10 Å². The molecule has 0 aromatic heterocycles. The Balaban J connectivity index is 2.37. The van der Waals surface area contributed by atoms with Crippen LogP contribution in [-0.4, -0.2) is 54.6 Å². The van der Waals surface area contributed by atoms with Crippen LogP contribution in [0.25, 0.3) is 0 Å². The molecule has 1 heterocycles. The lowest BCUT2D eigenvalue weighted by atomic mass is 9.92. The second-order valence-corrected chi connectivity index (χ2v) is 7.41. The van der Waals surface area contributed by atoms with E-state index in [1.807, 2.05) is 0 Å². The fourth-order valence-electron chi connectivity index (χ4n) is 2.96. The summed E-state index contributed by atoms with van der Waals surface area (Å²) in [6, 6.07) is 5.95. The van der Waals surface area contributed by atoms with Crippen molar-refractivity contribution >= 4 is 35.5 Å². The maximum Gasteiger partial charge on any atom is 0.338 e. The van der Waals surface area contributed by atoms with Crippen LogP contribution in [0.15, 0.2) is 24.3 Å². The normalized spacial score (nSPS) is 23.8. The Kier molecular flexibility index (Phi) is 9.26. The van der Waals surface area contributed by atoms with Crippen molar-refractivity contribution in [2.45, 2.75) is 64.1 Å². The summed E-state index contributed by atoms with van der Waals surface area (Å²) >= 11 is 5.83. The molecule has 0 amide bonds. The first-order chi connectivity index (χ1) is 15.7. The smallest absolute Gasteiger partial charge is 0.338 e. The minimum Gasteiger partial charge on any atom is -0.459 e. The number of hydrogen-bond donors (Lipinski definition) is 0. The number of rotatable bonds is 9. The summed E-state index contributed by atoms with van der Waals surface area (Å²) in [5.74, 6) is -0.472. The van der Waals surface area contributed by atoms with Crippen LogP contribution in [0.2, 0.25) is 5.02 Å². The van der Waals surface area contributed by atoms with Crippen molar-refractivity contribution < 1.29 is 42.9 Å². The number of halogens is 1. The molecule has 0 saturated carbocycles. The van der Waals surface area contributed by atoms with E-state index < -0.39 is 54.6 Å². The van der Waals surface area contributed by atoms with Gasteiger partial charge in [-0.2, -0.15) is 0 Å². The largest absolute Gasteiger partial charge is 0.459 e. The fourth-order valence-corrected chi connectivity index (χ4v) is 3.09. The highest BCUT2D eigenvalue weighted by atomic mass is 35.5. The van der Waals surface area contributed by atoms with E-state index in [0.29, 0.717) is 5.02 Å². The summed E-state index contributed by atoms with van der Waals surface area (Å²) in [6.07, 6.45) is 1.42. The van der Waals surface area contributed by atoms with Gasteiger partial charge in [0, 0.05) is 24.3 Å². The standard InChI is InChI=1S/C23H25ClO9/c1-5-17(25)31-20-22(32-18(26)6-2)30-16(23(20,8-4)33-19(27)7-3)13-29-21(28)14-9-11-15(24)12-10-14/h4,9-12,16,20,22H,5-7,13H2,1-3H3/t16-,20+,22?,23-/m1/s1. The quantitative estimate of drug-likeness (QED) is 0.299. The van der Waals surface area contributed by atoms with Crippen LogP contribution in [0, 0.1) is 12.3 Å². The highest BCUT2D eigenvalue weighted by Gasteiger charge is 2.63. The van der Waals surface area contributed by atoms with Crippen LogP contribution in [0.1, 0.15) is 50.4 Å². The van der Waals surface area contributed by atoms with Gasteiger partial charge in [0.1, 0.15) is 6.61 Å². The van der Waals surface area contributed by atoms with Crippen LogP contribution < -0.4 is 0 Å². The topological polar surface area (TPSA) is 114 Å². The molecular weight excluding hydrogens is 456 g/mol. The van der Waals surface area contributed by atoms with Crippen molar-refractivity contribution in [2.75, 3.05) is 6.61 Å². The maximum atomic E-state index is 12.5. The second-order valence-electron chi connectivity index (χ2n) is 6.97. The average Bonchev–Trinajstić information content (AvgIpc) is 3.09. The molecule has 1 saturated heterocycles. The molecule has 178 valence electrons. The zero-order valence-corrected chi connectivity index (χ0v) is 19.3. The first-order valence-electron chi connectivity index (χ1n) is 10.4. The molecule has 33 heavy (non-hydrogen) atoms. The van der Waals surface area contributed by atoms with Gasteiger partial charge >= 0.3 is 23.9 Å². The van der Waals surface area contributed by atoms with Gasteiger partial charge in [-0.05, 0) is 24.3 Å². The molecule has 0 N–H and O–H groups in total. The number of terminal acetylenes is 1. The van der Waals surface area contributed by atoms with Crippen LogP contribution in [0.3, 0.4) is 0 Å². The molecule has 0 aliphatic carbocycles. The number of hydrogen-bond acceptors (Lipinski definition) is 9. The number of esters is 4. The van der Waals surface area contributed by atoms with Gasteiger partial charge in [0.05, 0.1) is 5.56 Å². The van der Waals surface area contributed by atoms with Gasteiger partial charge in [-0.15, -0.1) is 6.42 Å². The molecule has 2 rings (SSSR count). The summed E-state index contributed by atoms with van der Waals surface area (Å²) in [7, 11) is 0. The Hall–Kier alpha value is -3.09. The van der Waals surface area contributed by atoms with E-state index >= 15 is 0 Å². The second kappa shape index (κ2) is 11.7. The molecule has 1 unspecified atom stereocenters. The molecule has 1 aliphatic heterocycles. The monoisotopic (exact) mass is 480 g/mol. The maximum absolute atomic E-state index is 12.5. The van der Waals surface area contributed by atoms with Gasteiger partial charge in [0.25, 0.3) is 0 Å². The molecule has 0 radical (unpaired) electrons. The van der Waals surface area contributed by atoms with E-state index in [0.717, 1.165) is 0 Å². The Morgan fingerprint density at radius 1 is 1.00 bits per heavy atom. The van der Waals surface area contributed by atoms with Crippen molar-refractivity contribution in [3.05, 3.63) is 34.9 Å². The highest BCUT2D eigenvalue weighted by molar-refractivity contribution is 6.30. The van der Waals surface area contributed by atoms with E-state index in [2.05, 4.69) is 5.92 Å². The van der Waals surface area contributed by atoms with Gasteiger partial charge in [-0.1, -0.05) is 38.3 Å². The third-order valence-corrected chi connectivity index (χ3v) is 5.02. The summed E-state index contributed by atoms with van der Waals surface area (Å²) in [4.78, 5) is 48.7. The molecule has 0 spiro atoms. The first-order valence-corrected chi connectivity index (χ1v) is 10.7. The van der Waals surface area contributed by atoms with E-state index in [1.54, 1.807) is 20.8 Å². The molecular formula is C23H25ClO9. The average molecular weight is 481 g/mol. The van der Waals surface area contributed by atoms with Crippen molar-refractivity contribution in [1.29, 1.82) is 0 Å². The third-order valence-electron chi connectivity index (χ3n) is 4.77. The lowest BCUT2D eigenvalue weighted by Crippen LogP contribution is -2.54. The first kappa shape index (κ1) is 26.2. The SMILES string of the molecule is C#C[C@@]1(OC(=O)CC)[C@@H](COC(=O)c2ccc(Cl)cc2)OC(OC(=O)CC)[C@@H]1OC(=O)CC.